The fourth-order valence-corrected chi connectivity index (χ4v) is 5.79. The predicted molar refractivity (Wildman–Crippen MR) is 131 cm³/mol. The van der Waals surface area contributed by atoms with Crippen LogP contribution in [0.5, 0.6) is 5.75 Å². The Morgan fingerprint density at radius 2 is 1.73 bits per heavy atom. The van der Waals surface area contributed by atoms with E-state index in [9.17, 15) is 8.42 Å². The maximum absolute atomic E-state index is 12.7. The van der Waals surface area contributed by atoms with E-state index < -0.39 is 10.0 Å². The first kappa shape index (κ1) is 21.7. The van der Waals surface area contributed by atoms with Crippen LogP contribution < -0.4 is 10.1 Å². The molecule has 3 aromatic rings. The first-order valence-corrected chi connectivity index (χ1v) is 12.6. The molecule has 2 aliphatic rings. The van der Waals surface area contributed by atoms with Crippen LogP contribution in [0.4, 0.5) is 5.69 Å². The molecule has 0 spiro atoms. The van der Waals surface area contributed by atoms with E-state index in [1.54, 1.807) is 20.2 Å². The summed E-state index contributed by atoms with van der Waals surface area (Å²) in [7, 11) is -0.357. The van der Waals surface area contributed by atoms with Gasteiger partial charge < -0.3 is 10.1 Å². The fourth-order valence-electron chi connectivity index (χ4n) is 4.86. The van der Waals surface area contributed by atoms with Gasteiger partial charge in [-0.15, -0.1) is 0 Å². The van der Waals surface area contributed by atoms with Gasteiger partial charge in [0.25, 0.3) is 0 Å². The molecular formula is C27H28N2O3S. The zero-order chi connectivity index (χ0) is 23.0. The molecule has 1 N–H and O–H groups in total. The Labute approximate surface area is 195 Å². The van der Waals surface area contributed by atoms with Gasteiger partial charge in [-0.2, -0.15) is 0 Å². The number of rotatable bonds is 6. The summed E-state index contributed by atoms with van der Waals surface area (Å²) < 4.78 is 32.9. The third kappa shape index (κ3) is 4.05. The lowest BCUT2D eigenvalue weighted by Crippen LogP contribution is -2.30. The van der Waals surface area contributed by atoms with Gasteiger partial charge in [0.15, 0.2) is 0 Å². The molecule has 0 fully saturated rings. The molecule has 33 heavy (non-hydrogen) atoms. The number of hydrogen-bond donors (Lipinski definition) is 1. The second-order valence-electron chi connectivity index (χ2n) is 8.82. The molecule has 0 saturated heterocycles. The number of fused-ring (bicyclic) bond motifs is 3. The number of allylic oxidation sites excluding steroid dienone is 2. The summed E-state index contributed by atoms with van der Waals surface area (Å²) >= 11 is 0. The van der Waals surface area contributed by atoms with Gasteiger partial charge in [-0.25, -0.2) is 12.7 Å². The van der Waals surface area contributed by atoms with E-state index in [1.165, 1.54) is 4.31 Å². The van der Waals surface area contributed by atoms with Crippen molar-refractivity contribution in [1.29, 1.82) is 0 Å². The van der Waals surface area contributed by atoms with Gasteiger partial charge in [0.2, 0.25) is 10.0 Å². The lowest BCUT2D eigenvalue weighted by Gasteiger charge is -2.38. The first-order valence-electron chi connectivity index (χ1n) is 11.2. The summed E-state index contributed by atoms with van der Waals surface area (Å²) in [5.41, 5.74) is 4.27. The summed E-state index contributed by atoms with van der Waals surface area (Å²) in [5.74, 6) is 1.32. The topological polar surface area (TPSA) is 58.6 Å². The van der Waals surface area contributed by atoms with E-state index in [2.05, 4.69) is 35.7 Å². The molecule has 5 nitrogen and oxygen atoms in total. The summed E-state index contributed by atoms with van der Waals surface area (Å²) in [6, 6.07) is 23.9. The molecule has 0 bridgehead atoms. The van der Waals surface area contributed by atoms with Crippen LogP contribution in [0, 0.1) is 5.92 Å². The van der Waals surface area contributed by atoms with Crippen LogP contribution in [0.2, 0.25) is 0 Å². The largest absolute Gasteiger partial charge is 0.489 e. The molecule has 1 heterocycles. The van der Waals surface area contributed by atoms with Gasteiger partial charge in [0.05, 0.1) is 10.9 Å². The highest BCUT2D eigenvalue weighted by molar-refractivity contribution is 7.89. The van der Waals surface area contributed by atoms with E-state index in [1.807, 2.05) is 48.5 Å². The Morgan fingerprint density at radius 3 is 2.52 bits per heavy atom. The Morgan fingerprint density at radius 1 is 0.970 bits per heavy atom. The highest BCUT2D eigenvalue weighted by atomic mass is 32.2. The van der Waals surface area contributed by atoms with Crippen molar-refractivity contribution in [3.8, 4) is 5.75 Å². The lowest BCUT2D eigenvalue weighted by atomic mass is 9.77. The van der Waals surface area contributed by atoms with Crippen molar-refractivity contribution in [1.82, 2.24) is 4.31 Å². The van der Waals surface area contributed by atoms with Crippen molar-refractivity contribution in [2.24, 2.45) is 5.92 Å². The maximum atomic E-state index is 12.7. The van der Waals surface area contributed by atoms with Gasteiger partial charge in [0.1, 0.15) is 12.4 Å². The van der Waals surface area contributed by atoms with Crippen LogP contribution in [-0.2, 0) is 16.6 Å². The normalized spacial score (nSPS) is 21.4. The molecule has 170 valence electrons. The van der Waals surface area contributed by atoms with Crippen LogP contribution in [0.3, 0.4) is 0 Å². The third-order valence-electron chi connectivity index (χ3n) is 6.60. The van der Waals surface area contributed by atoms with E-state index in [-0.39, 0.29) is 17.9 Å². The lowest BCUT2D eigenvalue weighted by molar-refractivity contribution is 0.296. The summed E-state index contributed by atoms with van der Waals surface area (Å²) in [6.45, 7) is 0.513. The first-order chi connectivity index (χ1) is 15.9. The van der Waals surface area contributed by atoms with E-state index in [0.717, 1.165) is 34.5 Å². The van der Waals surface area contributed by atoms with Crippen LogP contribution >= 0.6 is 0 Å². The molecule has 3 aromatic carbocycles. The Hall–Kier alpha value is -3.09. The van der Waals surface area contributed by atoms with Gasteiger partial charge in [-0.05, 0) is 47.7 Å². The fraction of sp³-hybridized carbons (Fsp3) is 0.259. The number of nitrogens with zero attached hydrogens (tertiary/aromatic N) is 1. The molecule has 5 rings (SSSR count). The zero-order valence-corrected chi connectivity index (χ0v) is 19.6. The molecule has 0 aromatic heterocycles. The molecule has 0 radical (unpaired) electrons. The standard InChI is InChI=1S/C27H28N2O3S/c1-29(2)33(30,31)20-15-16-25-24(17-20)21-12-8-13-22(21)27(28-25)23-11-6-7-14-26(23)32-18-19-9-4-3-5-10-19/h3-12,14-17,21-22,27-28H,13,18H2,1-2H3. The van der Waals surface area contributed by atoms with Crippen molar-refractivity contribution in [2.45, 2.75) is 29.9 Å². The molecule has 3 atom stereocenters. The van der Waals surface area contributed by atoms with Crippen molar-refractivity contribution in [3.05, 3.63) is 102 Å². The minimum absolute atomic E-state index is 0.0702. The SMILES string of the molecule is CN(C)S(=O)(=O)c1ccc2c(c1)C1C=CCC1C(c1ccccc1OCc1ccccc1)N2. The number of nitrogens with one attached hydrogen (secondary N) is 1. The Bertz CT molecular complexity index is 1290. The number of benzene rings is 3. The predicted octanol–water partition coefficient (Wildman–Crippen LogP) is 5.34. The smallest absolute Gasteiger partial charge is 0.242 e. The molecule has 0 amide bonds. The second-order valence-corrected chi connectivity index (χ2v) is 11.0. The van der Waals surface area contributed by atoms with Crippen LogP contribution in [0.1, 0.15) is 35.1 Å². The summed E-state index contributed by atoms with van der Waals surface area (Å²) in [5, 5.41) is 3.70. The van der Waals surface area contributed by atoms with Gasteiger partial charge in [-0.1, -0.05) is 60.7 Å². The monoisotopic (exact) mass is 460 g/mol. The van der Waals surface area contributed by atoms with E-state index in [0.29, 0.717) is 11.5 Å². The Balaban J connectivity index is 1.48. The second kappa shape index (κ2) is 8.69. The molecule has 0 saturated carbocycles. The van der Waals surface area contributed by atoms with Crippen molar-refractivity contribution in [3.63, 3.8) is 0 Å². The number of ether oxygens (including phenoxy) is 1. The molecule has 6 heteroatoms. The highest BCUT2D eigenvalue weighted by Crippen LogP contribution is 2.51. The molecular weight excluding hydrogens is 432 g/mol. The molecule has 1 aliphatic heterocycles. The summed E-state index contributed by atoms with van der Waals surface area (Å²) in [6.07, 6.45) is 5.36. The zero-order valence-electron chi connectivity index (χ0n) is 18.8. The van der Waals surface area contributed by atoms with Gasteiger partial charge in [-0.3, -0.25) is 0 Å². The van der Waals surface area contributed by atoms with Gasteiger partial charge >= 0.3 is 0 Å². The minimum atomic E-state index is -3.48. The third-order valence-corrected chi connectivity index (χ3v) is 8.42. The maximum Gasteiger partial charge on any atom is 0.242 e. The molecule has 3 unspecified atom stereocenters. The van der Waals surface area contributed by atoms with Crippen LogP contribution in [-0.4, -0.2) is 26.8 Å². The van der Waals surface area contributed by atoms with Crippen molar-refractivity contribution >= 4 is 15.7 Å². The van der Waals surface area contributed by atoms with Gasteiger partial charge in [0, 0.05) is 31.3 Å². The number of anilines is 1. The van der Waals surface area contributed by atoms with E-state index >= 15 is 0 Å². The van der Waals surface area contributed by atoms with Crippen LogP contribution in [0.25, 0.3) is 0 Å². The summed E-state index contributed by atoms with van der Waals surface area (Å²) in [4.78, 5) is 0.331. The minimum Gasteiger partial charge on any atom is -0.489 e. The highest BCUT2D eigenvalue weighted by Gasteiger charge is 2.39. The quantitative estimate of drug-likeness (QED) is 0.504. The average Bonchev–Trinajstić information content (AvgIpc) is 3.33. The number of hydrogen-bond acceptors (Lipinski definition) is 4. The van der Waals surface area contributed by atoms with Crippen molar-refractivity contribution < 1.29 is 13.2 Å². The van der Waals surface area contributed by atoms with Crippen LogP contribution in [0.15, 0.2) is 89.8 Å². The number of para-hydroxylation sites is 1. The molecule has 1 aliphatic carbocycles. The van der Waals surface area contributed by atoms with E-state index in [4.69, 9.17) is 4.74 Å². The van der Waals surface area contributed by atoms with Crippen molar-refractivity contribution in [2.75, 3.05) is 19.4 Å². The average molecular weight is 461 g/mol. The Kier molecular flexibility index (Phi) is 5.72. The number of sulfonamides is 1.